The molecule has 1 rings (SSSR count). The largest absolute Gasteiger partial charge is 0.350 e. The minimum atomic E-state index is -0.921. The zero-order chi connectivity index (χ0) is 12.1. The van der Waals surface area contributed by atoms with E-state index in [1.165, 1.54) is 0 Å². The number of thioether (sulfide) groups is 1. The molecule has 0 unspecified atom stereocenters. The van der Waals surface area contributed by atoms with E-state index in [-0.39, 0.29) is 17.8 Å². The number of nitrogens with one attached hydrogen (secondary N) is 2. The predicted octanol–water partition coefficient (Wildman–Crippen LogP) is -0.476. The quantitative estimate of drug-likeness (QED) is 0.503. The molecule has 0 radical (unpaired) electrons. The molecule has 0 spiro atoms. The molecular weight excluding hydrogens is 238 g/mol. The topological polar surface area (TPSA) is 111 Å². The van der Waals surface area contributed by atoms with Crippen molar-refractivity contribution in [2.75, 3.05) is 12.4 Å². The van der Waals surface area contributed by atoms with E-state index in [2.05, 4.69) is 15.5 Å². The number of carbonyl (C=O) groups is 2. The summed E-state index contributed by atoms with van der Waals surface area (Å²) in [5.74, 6) is 0.00538. The van der Waals surface area contributed by atoms with E-state index in [0.717, 1.165) is 11.8 Å². The lowest BCUT2D eigenvalue weighted by Crippen LogP contribution is -2.47. The molecule has 0 aliphatic carbocycles. The Balaban J connectivity index is 2.28. The average Bonchev–Trinajstić information content (AvgIpc) is 2.62. The lowest BCUT2D eigenvalue weighted by molar-refractivity contribution is -0.758. The SMILES string of the molecule is C[C@@H](CO[N+](=O)[O-])NC(=O)[C@@H]1CSC(=O)N1. The first-order chi connectivity index (χ1) is 7.49. The van der Waals surface area contributed by atoms with E-state index >= 15 is 0 Å². The van der Waals surface area contributed by atoms with Gasteiger partial charge in [-0.25, -0.2) is 0 Å². The number of rotatable bonds is 5. The number of carbonyl (C=O) groups excluding carboxylic acids is 2. The standard InChI is InChI=1S/C7H11N3O5S/c1-4(2-15-10(13)14)8-6(11)5-3-16-7(12)9-5/h4-5H,2-3H2,1H3,(H,8,11)(H,9,12)/t4-,5-/m0/s1. The molecule has 1 heterocycles. The van der Waals surface area contributed by atoms with E-state index in [1.54, 1.807) is 6.92 Å². The van der Waals surface area contributed by atoms with Crippen molar-refractivity contribution in [1.29, 1.82) is 0 Å². The van der Waals surface area contributed by atoms with Gasteiger partial charge in [-0.05, 0) is 6.92 Å². The number of hydrogen-bond acceptors (Lipinski definition) is 6. The van der Waals surface area contributed by atoms with E-state index in [9.17, 15) is 19.7 Å². The molecule has 90 valence electrons. The lowest BCUT2D eigenvalue weighted by Gasteiger charge is -2.15. The minimum Gasteiger partial charge on any atom is -0.350 e. The van der Waals surface area contributed by atoms with Crippen molar-refractivity contribution in [1.82, 2.24) is 10.6 Å². The molecule has 2 amide bonds. The van der Waals surface area contributed by atoms with Crippen LogP contribution in [0.1, 0.15) is 6.92 Å². The Labute approximate surface area is 95.2 Å². The summed E-state index contributed by atoms with van der Waals surface area (Å²) in [6, 6.07) is -1.06. The minimum absolute atomic E-state index is 0.216. The molecule has 1 aliphatic heterocycles. The van der Waals surface area contributed by atoms with Gasteiger partial charge >= 0.3 is 0 Å². The van der Waals surface area contributed by atoms with Crippen LogP contribution in [0.25, 0.3) is 0 Å². The van der Waals surface area contributed by atoms with E-state index in [4.69, 9.17) is 0 Å². The van der Waals surface area contributed by atoms with Gasteiger partial charge in [0.1, 0.15) is 12.6 Å². The van der Waals surface area contributed by atoms with Crippen molar-refractivity contribution >= 4 is 22.9 Å². The van der Waals surface area contributed by atoms with Crippen molar-refractivity contribution in [3.63, 3.8) is 0 Å². The molecule has 1 saturated heterocycles. The van der Waals surface area contributed by atoms with Crippen LogP contribution in [0.5, 0.6) is 0 Å². The summed E-state index contributed by atoms with van der Waals surface area (Å²) in [4.78, 5) is 36.3. The zero-order valence-corrected chi connectivity index (χ0v) is 9.28. The summed E-state index contributed by atoms with van der Waals surface area (Å²) in [5.41, 5.74) is 0. The highest BCUT2D eigenvalue weighted by atomic mass is 32.2. The fraction of sp³-hybridized carbons (Fsp3) is 0.714. The van der Waals surface area contributed by atoms with Gasteiger partial charge in [0.15, 0.2) is 0 Å². The van der Waals surface area contributed by atoms with E-state index in [1.807, 2.05) is 0 Å². The fourth-order valence-corrected chi connectivity index (χ4v) is 1.86. The summed E-state index contributed by atoms with van der Waals surface area (Å²) >= 11 is 1.03. The Morgan fingerprint density at radius 1 is 1.88 bits per heavy atom. The van der Waals surface area contributed by atoms with Gasteiger partial charge in [-0.2, -0.15) is 0 Å². The van der Waals surface area contributed by atoms with Gasteiger partial charge in [-0.1, -0.05) is 11.8 Å². The second-order valence-corrected chi connectivity index (χ2v) is 4.22. The zero-order valence-electron chi connectivity index (χ0n) is 8.47. The molecule has 0 bridgehead atoms. The third kappa shape index (κ3) is 3.93. The molecule has 2 N–H and O–H groups in total. The van der Waals surface area contributed by atoms with Crippen LogP contribution in [0.2, 0.25) is 0 Å². The monoisotopic (exact) mass is 249 g/mol. The smallest absolute Gasteiger partial charge is 0.294 e. The van der Waals surface area contributed by atoms with Crippen LogP contribution in [0.15, 0.2) is 0 Å². The Morgan fingerprint density at radius 2 is 2.56 bits per heavy atom. The predicted molar refractivity (Wildman–Crippen MR) is 55.3 cm³/mol. The van der Waals surface area contributed by atoms with Crippen LogP contribution in [0.3, 0.4) is 0 Å². The highest BCUT2D eigenvalue weighted by molar-refractivity contribution is 8.14. The molecular formula is C7H11N3O5S. The first-order valence-electron chi connectivity index (χ1n) is 4.50. The maximum Gasteiger partial charge on any atom is 0.294 e. The van der Waals surface area contributed by atoms with Gasteiger partial charge in [-0.3, -0.25) is 9.59 Å². The average molecular weight is 249 g/mol. The summed E-state index contributed by atoms with van der Waals surface area (Å²) in [5, 5.41) is 13.7. The highest BCUT2D eigenvalue weighted by Crippen LogP contribution is 2.12. The second kappa shape index (κ2) is 5.54. The van der Waals surface area contributed by atoms with Crippen molar-refractivity contribution in [2.24, 2.45) is 0 Å². The van der Waals surface area contributed by atoms with E-state index < -0.39 is 17.2 Å². The van der Waals surface area contributed by atoms with Gasteiger partial charge in [0.25, 0.3) is 10.3 Å². The lowest BCUT2D eigenvalue weighted by atomic mass is 10.3. The Kier molecular flexibility index (Phi) is 4.35. The number of hydrogen-bond donors (Lipinski definition) is 2. The molecule has 8 nitrogen and oxygen atoms in total. The van der Waals surface area contributed by atoms with Gasteiger partial charge in [-0.15, -0.1) is 10.1 Å². The van der Waals surface area contributed by atoms with Gasteiger partial charge in [0.2, 0.25) is 5.91 Å². The van der Waals surface area contributed by atoms with Gasteiger partial charge in [0, 0.05) is 11.8 Å². The number of amides is 2. The maximum absolute atomic E-state index is 11.5. The Hall–Kier alpha value is -1.51. The Morgan fingerprint density at radius 3 is 3.06 bits per heavy atom. The molecule has 0 saturated carbocycles. The molecule has 0 aromatic carbocycles. The van der Waals surface area contributed by atoms with Crippen LogP contribution in [0.4, 0.5) is 4.79 Å². The van der Waals surface area contributed by atoms with Crippen LogP contribution in [0, 0.1) is 10.1 Å². The van der Waals surface area contributed by atoms with Crippen LogP contribution in [-0.2, 0) is 9.63 Å². The summed E-state index contributed by atoms with van der Waals surface area (Å²) in [6.45, 7) is 1.36. The molecule has 2 atom stereocenters. The second-order valence-electron chi connectivity index (χ2n) is 3.22. The van der Waals surface area contributed by atoms with Crippen LogP contribution < -0.4 is 10.6 Å². The van der Waals surface area contributed by atoms with Crippen molar-refractivity contribution in [3.8, 4) is 0 Å². The summed E-state index contributed by atoms with van der Waals surface area (Å²) in [6.07, 6.45) is 0. The molecule has 16 heavy (non-hydrogen) atoms. The summed E-state index contributed by atoms with van der Waals surface area (Å²) in [7, 11) is 0. The van der Waals surface area contributed by atoms with Gasteiger partial charge in [0.05, 0.1) is 0 Å². The van der Waals surface area contributed by atoms with Gasteiger partial charge < -0.3 is 15.5 Å². The third-order valence-corrected chi connectivity index (χ3v) is 2.69. The molecule has 0 aromatic heterocycles. The number of nitrogens with zero attached hydrogens (tertiary/aromatic N) is 1. The van der Waals surface area contributed by atoms with E-state index in [0.29, 0.717) is 5.75 Å². The molecule has 9 heteroatoms. The van der Waals surface area contributed by atoms with Crippen molar-refractivity contribution in [2.45, 2.75) is 19.0 Å². The molecule has 0 aromatic rings. The third-order valence-electron chi connectivity index (χ3n) is 1.81. The first-order valence-corrected chi connectivity index (χ1v) is 5.48. The van der Waals surface area contributed by atoms with Crippen LogP contribution >= 0.6 is 11.8 Å². The fourth-order valence-electron chi connectivity index (χ4n) is 1.08. The Bertz CT molecular complexity index is 310. The highest BCUT2D eigenvalue weighted by Gasteiger charge is 2.28. The maximum atomic E-state index is 11.5. The summed E-state index contributed by atoms with van der Waals surface area (Å²) < 4.78 is 0. The normalized spacial score (nSPS) is 21.1. The van der Waals surface area contributed by atoms with Crippen LogP contribution in [-0.4, -0.2) is 40.7 Å². The molecule has 1 aliphatic rings. The van der Waals surface area contributed by atoms with Crippen molar-refractivity contribution in [3.05, 3.63) is 10.1 Å². The first kappa shape index (κ1) is 12.6. The molecule has 1 fully saturated rings. The van der Waals surface area contributed by atoms with Crippen molar-refractivity contribution < 1.29 is 19.5 Å².